The quantitative estimate of drug-likeness (QED) is 0.283. The average Bonchev–Trinajstić information content (AvgIpc) is 2.39. The van der Waals surface area contributed by atoms with Crippen LogP contribution in [-0.2, 0) is 18.1 Å². The summed E-state index contributed by atoms with van der Waals surface area (Å²) in [5, 5.41) is 0. The van der Waals surface area contributed by atoms with Crippen molar-refractivity contribution in [3.63, 3.8) is 0 Å². The van der Waals surface area contributed by atoms with Crippen LogP contribution in [0, 0.1) is 0 Å². The summed E-state index contributed by atoms with van der Waals surface area (Å²) in [5.74, 6) is 0.974. The Morgan fingerprint density at radius 1 is 0.632 bits per heavy atom. The predicted molar refractivity (Wildman–Crippen MR) is 77.4 cm³/mol. The Labute approximate surface area is 126 Å². The van der Waals surface area contributed by atoms with Gasteiger partial charge in [0.05, 0.1) is 26.4 Å². The monoisotopic (exact) mass is 356 g/mol. The van der Waals surface area contributed by atoms with Crippen LogP contribution < -0.4 is 0 Å². The summed E-state index contributed by atoms with van der Waals surface area (Å²) in [7, 11) is -3.71. The maximum atomic E-state index is 9.28. The molecule has 0 radical (unpaired) electrons. The van der Waals surface area contributed by atoms with E-state index in [1.165, 1.54) is 0 Å². The topological polar surface area (TPSA) is 77.4 Å². The first-order chi connectivity index (χ1) is 9.20. The first-order valence-corrected chi connectivity index (χ1v) is 9.15. The zero-order valence-electron chi connectivity index (χ0n) is 10.5. The highest BCUT2D eigenvalue weighted by Crippen LogP contribution is 2.34. The Kier molecular flexibility index (Phi) is 16.6. The molecule has 0 aliphatic rings. The molecule has 0 aliphatic heterocycles. The van der Waals surface area contributed by atoms with E-state index >= 15 is 0 Å². The van der Waals surface area contributed by atoms with Crippen LogP contribution in [0.4, 0.5) is 0 Å². The van der Waals surface area contributed by atoms with Gasteiger partial charge in [-0.25, -0.2) is 0 Å². The van der Waals surface area contributed by atoms with Crippen molar-refractivity contribution in [2.45, 2.75) is 19.3 Å². The van der Waals surface area contributed by atoms with E-state index in [0.29, 0.717) is 44.2 Å². The summed E-state index contributed by atoms with van der Waals surface area (Å²) in [4.78, 5) is 18.6. The highest BCUT2D eigenvalue weighted by Gasteiger charge is 2.08. The van der Waals surface area contributed by atoms with Crippen LogP contribution in [0.5, 0.6) is 0 Å². The van der Waals surface area contributed by atoms with Crippen molar-refractivity contribution < 1.29 is 27.9 Å². The highest BCUT2D eigenvalue weighted by molar-refractivity contribution is 7.40. The summed E-state index contributed by atoms with van der Waals surface area (Å²) in [6.07, 6.45) is 1.86. The lowest BCUT2D eigenvalue weighted by Gasteiger charge is -2.12. The molecule has 0 aliphatic carbocycles. The number of hydrogen-bond donors (Lipinski definition) is 2. The molecule has 10 heteroatoms. The van der Waals surface area contributed by atoms with Gasteiger partial charge in [-0.3, -0.25) is 0 Å². The van der Waals surface area contributed by atoms with Crippen LogP contribution >= 0.6 is 40.4 Å². The standard InChI is InChI=1S/C9H20Cl2O6P2/c10-4-1-6-14-18(12)16-8-3-9-17-19(13)15-7-2-5-11/h12-13H,1-9H2. The van der Waals surface area contributed by atoms with Crippen LogP contribution in [-0.4, -0.2) is 48.0 Å². The minimum absolute atomic E-state index is 0.286. The highest BCUT2D eigenvalue weighted by atomic mass is 35.5. The van der Waals surface area contributed by atoms with Crippen molar-refractivity contribution >= 4 is 40.4 Å². The smallest absolute Gasteiger partial charge is 0.328 e. The summed E-state index contributed by atoms with van der Waals surface area (Å²) in [6.45, 7) is 1.32. The van der Waals surface area contributed by atoms with E-state index in [0.717, 1.165) is 0 Å². The fourth-order valence-electron chi connectivity index (χ4n) is 0.813. The number of halogens is 2. The van der Waals surface area contributed by atoms with Gasteiger partial charge >= 0.3 is 17.2 Å². The van der Waals surface area contributed by atoms with E-state index in [9.17, 15) is 9.79 Å². The molecule has 2 unspecified atom stereocenters. The lowest BCUT2D eigenvalue weighted by atomic mass is 10.5. The van der Waals surface area contributed by atoms with Gasteiger partial charge in [0.1, 0.15) is 0 Å². The maximum Gasteiger partial charge on any atom is 0.329 e. The molecule has 0 bridgehead atoms. The van der Waals surface area contributed by atoms with Crippen LogP contribution in [0.2, 0.25) is 0 Å². The molecule has 0 heterocycles. The van der Waals surface area contributed by atoms with Crippen LogP contribution in [0.15, 0.2) is 0 Å². The SMILES string of the molecule is OP(OCCCCl)OCCCOP(O)OCCCCl. The van der Waals surface area contributed by atoms with Crippen molar-refractivity contribution in [3.8, 4) is 0 Å². The molecule has 0 spiro atoms. The third kappa shape index (κ3) is 15.4. The summed E-state index contributed by atoms with van der Waals surface area (Å²) in [5.41, 5.74) is 0. The van der Waals surface area contributed by atoms with Crippen LogP contribution in [0.3, 0.4) is 0 Å². The van der Waals surface area contributed by atoms with Crippen LogP contribution in [0.1, 0.15) is 19.3 Å². The van der Waals surface area contributed by atoms with E-state index in [2.05, 4.69) is 0 Å². The van der Waals surface area contributed by atoms with Crippen molar-refractivity contribution in [1.29, 1.82) is 0 Å². The second kappa shape index (κ2) is 15.6. The minimum atomic E-state index is -1.85. The molecule has 0 saturated heterocycles. The fraction of sp³-hybridized carbons (Fsp3) is 1.00. The van der Waals surface area contributed by atoms with Crippen molar-refractivity contribution in [2.75, 3.05) is 38.2 Å². The van der Waals surface area contributed by atoms with Gasteiger partial charge in [-0.05, 0) is 19.3 Å². The Bertz CT molecular complexity index is 176. The molecule has 0 aromatic heterocycles. The van der Waals surface area contributed by atoms with Gasteiger partial charge in [-0.1, -0.05) is 0 Å². The molecule has 19 heavy (non-hydrogen) atoms. The molecule has 0 aromatic carbocycles. The van der Waals surface area contributed by atoms with Gasteiger partial charge < -0.3 is 27.9 Å². The molecular weight excluding hydrogens is 337 g/mol. The molecule has 0 rings (SSSR count). The van der Waals surface area contributed by atoms with E-state index in [1.807, 2.05) is 0 Å². The average molecular weight is 357 g/mol. The second-order valence-electron chi connectivity index (χ2n) is 3.25. The molecule has 0 aromatic rings. The van der Waals surface area contributed by atoms with Gasteiger partial charge in [0.25, 0.3) is 0 Å². The number of hydrogen-bond acceptors (Lipinski definition) is 6. The van der Waals surface area contributed by atoms with Gasteiger partial charge in [-0.2, -0.15) is 0 Å². The Balaban J connectivity index is 3.24. The maximum absolute atomic E-state index is 9.28. The lowest BCUT2D eigenvalue weighted by molar-refractivity contribution is 0.168. The van der Waals surface area contributed by atoms with E-state index in [4.69, 9.17) is 41.3 Å². The van der Waals surface area contributed by atoms with Crippen molar-refractivity contribution in [3.05, 3.63) is 0 Å². The van der Waals surface area contributed by atoms with Crippen molar-refractivity contribution in [1.82, 2.24) is 0 Å². The molecular formula is C9H20Cl2O6P2. The third-order valence-corrected chi connectivity index (χ3v) is 3.80. The van der Waals surface area contributed by atoms with Crippen LogP contribution in [0.25, 0.3) is 0 Å². The number of rotatable bonds is 14. The van der Waals surface area contributed by atoms with E-state index in [-0.39, 0.29) is 13.2 Å². The molecule has 6 nitrogen and oxygen atoms in total. The Morgan fingerprint density at radius 3 is 1.26 bits per heavy atom. The third-order valence-electron chi connectivity index (χ3n) is 1.65. The van der Waals surface area contributed by atoms with Gasteiger partial charge in [-0.15, -0.1) is 23.2 Å². The largest absolute Gasteiger partial charge is 0.329 e. The summed E-state index contributed by atoms with van der Waals surface area (Å²) < 4.78 is 20.0. The minimum Gasteiger partial charge on any atom is -0.328 e. The fourth-order valence-corrected chi connectivity index (χ4v) is 2.32. The second-order valence-corrected chi connectivity index (χ2v) is 5.99. The normalized spacial score (nSPS) is 14.5. The molecule has 2 N–H and O–H groups in total. The predicted octanol–water partition coefficient (Wildman–Crippen LogP) is 3.14. The zero-order chi connectivity index (χ0) is 14.3. The van der Waals surface area contributed by atoms with Crippen molar-refractivity contribution in [2.24, 2.45) is 0 Å². The molecule has 116 valence electrons. The first kappa shape index (κ1) is 20.2. The van der Waals surface area contributed by atoms with Gasteiger partial charge in [0.2, 0.25) is 0 Å². The zero-order valence-corrected chi connectivity index (χ0v) is 13.8. The Hall–Kier alpha value is 1.20. The lowest BCUT2D eigenvalue weighted by Crippen LogP contribution is -2.00. The Morgan fingerprint density at radius 2 is 0.947 bits per heavy atom. The van der Waals surface area contributed by atoms with E-state index < -0.39 is 17.2 Å². The van der Waals surface area contributed by atoms with Gasteiger partial charge in [0.15, 0.2) is 0 Å². The molecule has 0 saturated carbocycles. The van der Waals surface area contributed by atoms with E-state index in [1.54, 1.807) is 0 Å². The summed E-state index contributed by atoms with van der Waals surface area (Å²) >= 11 is 10.9. The first-order valence-electron chi connectivity index (χ1n) is 5.82. The summed E-state index contributed by atoms with van der Waals surface area (Å²) in [6, 6.07) is 0. The molecule has 2 atom stereocenters. The molecule has 0 fully saturated rings. The number of alkyl halides is 2. The van der Waals surface area contributed by atoms with Gasteiger partial charge in [0, 0.05) is 11.8 Å². The molecule has 0 amide bonds.